The molecule has 0 amide bonds. The number of halogens is 2. The van der Waals surface area contributed by atoms with Crippen molar-refractivity contribution in [1.82, 2.24) is 5.32 Å². The van der Waals surface area contributed by atoms with Crippen LogP contribution in [0.25, 0.3) is 0 Å². The molecule has 3 rings (SSSR count). The van der Waals surface area contributed by atoms with Crippen LogP contribution in [0.2, 0.25) is 10.0 Å². The molecule has 1 fully saturated rings. The Labute approximate surface area is 170 Å². The number of aliphatic hydroxyl groups excluding tert-OH is 1. The molecule has 0 bridgehead atoms. The summed E-state index contributed by atoms with van der Waals surface area (Å²) in [6, 6.07) is 13.3. The molecule has 1 aliphatic heterocycles. The largest absolute Gasteiger partial charge is 0.489 e. The fraction of sp³-hybridized carbons (Fsp3) is 0.429. The minimum Gasteiger partial charge on any atom is -0.489 e. The monoisotopic (exact) mass is 409 g/mol. The van der Waals surface area contributed by atoms with Crippen LogP contribution in [0.1, 0.15) is 31.7 Å². The maximum absolute atomic E-state index is 10.4. The lowest BCUT2D eigenvalue weighted by Crippen LogP contribution is -2.38. The Kier molecular flexibility index (Phi) is 6.88. The Balaban J connectivity index is 1.49. The van der Waals surface area contributed by atoms with Gasteiger partial charge in [-0.1, -0.05) is 55.2 Å². The van der Waals surface area contributed by atoms with E-state index >= 15 is 0 Å². The van der Waals surface area contributed by atoms with Gasteiger partial charge in [0, 0.05) is 19.0 Å². The van der Waals surface area contributed by atoms with Crippen LogP contribution in [-0.2, 0) is 0 Å². The van der Waals surface area contributed by atoms with E-state index in [9.17, 15) is 5.11 Å². The fourth-order valence-corrected chi connectivity index (χ4v) is 3.47. The summed E-state index contributed by atoms with van der Waals surface area (Å²) in [5, 5.41) is 14.5. The molecular weight excluding hydrogens is 385 g/mol. The van der Waals surface area contributed by atoms with Crippen LogP contribution in [-0.4, -0.2) is 36.5 Å². The van der Waals surface area contributed by atoms with Gasteiger partial charge in [0.1, 0.15) is 35.3 Å². The van der Waals surface area contributed by atoms with Crippen molar-refractivity contribution in [2.75, 3.05) is 13.2 Å². The molecule has 0 aromatic heterocycles. The number of ether oxygens (including phenoxy) is 2. The molecule has 1 unspecified atom stereocenters. The zero-order chi connectivity index (χ0) is 19.4. The van der Waals surface area contributed by atoms with Crippen LogP contribution in [0.15, 0.2) is 42.5 Å². The standard InChI is InChI=1S/C21H25Cl2NO3/c1-13(2)14-6-8-15(9-7-14)27-16-10-18(24-11-16)19(25)12-26-20-5-3-4-17(22)21(20)23/h3-9,13,16,18-19,24-25H,10-12H2,1-2H3/t16-,18+,19?/m1/s1. The summed E-state index contributed by atoms with van der Waals surface area (Å²) >= 11 is 12.1. The Morgan fingerprint density at radius 3 is 2.59 bits per heavy atom. The van der Waals surface area contributed by atoms with Crippen molar-refractivity contribution in [3.8, 4) is 11.5 Å². The second-order valence-electron chi connectivity index (χ2n) is 7.14. The van der Waals surface area contributed by atoms with E-state index < -0.39 is 6.10 Å². The Morgan fingerprint density at radius 1 is 1.15 bits per heavy atom. The maximum atomic E-state index is 10.4. The first kappa shape index (κ1) is 20.3. The molecular formula is C21H25Cl2NO3. The van der Waals surface area contributed by atoms with Gasteiger partial charge in [0.15, 0.2) is 0 Å². The summed E-state index contributed by atoms with van der Waals surface area (Å²) in [7, 11) is 0. The normalized spacial score (nSPS) is 20.7. The van der Waals surface area contributed by atoms with Crippen molar-refractivity contribution in [3.05, 3.63) is 58.1 Å². The van der Waals surface area contributed by atoms with Crippen molar-refractivity contribution >= 4 is 23.2 Å². The summed E-state index contributed by atoms with van der Waals surface area (Å²) < 4.78 is 11.7. The lowest BCUT2D eigenvalue weighted by molar-refractivity contribution is 0.0756. The van der Waals surface area contributed by atoms with Crippen LogP contribution in [0.4, 0.5) is 0 Å². The van der Waals surface area contributed by atoms with Crippen LogP contribution >= 0.6 is 23.2 Å². The van der Waals surface area contributed by atoms with E-state index in [1.54, 1.807) is 18.2 Å². The average molecular weight is 410 g/mol. The molecule has 2 aromatic rings. The summed E-state index contributed by atoms with van der Waals surface area (Å²) in [6.45, 7) is 5.15. The fourth-order valence-electron chi connectivity index (χ4n) is 3.13. The predicted molar refractivity (Wildman–Crippen MR) is 109 cm³/mol. The van der Waals surface area contributed by atoms with E-state index in [1.807, 2.05) is 12.1 Å². The topological polar surface area (TPSA) is 50.7 Å². The summed E-state index contributed by atoms with van der Waals surface area (Å²) in [5.41, 5.74) is 1.29. The van der Waals surface area contributed by atoms with E-state index in [2.05, 4.69) is 31.3 Å². The molecule has 1 heterocycles. The summed E-state index contributed by atoms with van der Waals surface area (Å²) in [6.07, 6.45) is 0.0565. The number of nitrogens with one attached hydrogen (secondary N) is 1. The maximum Gasteiger partial charge on any atom is 0.139 e. The Bertz CT molecular complexity index is 752. The van der Waals surface area contributed by atoms with Crippen LogP contribution < -0.4 is 14.8 Å². The van der Waals surface area contributed by atoms with Crippen molar-refractivity contribution in [3.63, 3.8) is 0 Å². The van der Waals surface area contributed by atoms with Gasteiger partial charge in [-0.05, 0) is 35.7 Å². The highest BCUT2D eigenvalue weighted by Gasteiger charge is 2.31. The molecule has 146 valence electrons. The highest BCUT2D eigenvalue weighted by Crippen LogP contribution is 2.31. The number of benzene rings is 2. The van der Waals surface area contributed by atoms with Crippen molar-refractivity contribution in [1.29, 1.82) is 0 Å². The molecule has 0 aliphatic carbocycles. The molecule has 3 atom stereocenters. The molecule has 0 saturated carbocycles. The molecule has 2 aromatic carbocycles. The third-order valence-corrected chi connectivity index (χ3v) is 5.57. The predicted octanol–water partition coefficient (Wildman–Crippen LogP) is 4.67. The Morgan fingerprint density at radius 2 is 1.89 bits per heavy atom. The Hall–Kier alpha value is -1.46. The van der Waals surface area contributed by atoms with Gasteiger partial charge in [-0.25, -0.2) is 0 Å². The SMILES string of the molecule is CC(C)c1ccc(O[C@H]2CN[C@H](C(O)COc3cccc(Cl)c3Cl)C2)cc1. The van der Waals surface area contributed by atoms with Crippen LogP contribution in [0, 0.1) is 0 Å². The van der Waals surface area contributed by atoms with Crippen molar-refractivity contribution in [2.45, 2.75) is 44.4 Å². The lowest BCUT2D eigenvalue weighted by Gasteiger charge is -2.19. The highest BCUT2D eigenvalue weighted by molar-refractivity contribution is 6.42. The van der Waals surface area contributed by atoms with Gasteiger partial charge in [0.25, 0.3) is 0 Å². The lowest BCUT2D eigenvalue weighted by atomic mass is 10.0. The molecule has 4 nitrogen and oxygen atoms in total. The first-order chi connectivity index (χ1) is 12.9. The molecule has 2 N–H and O–H groups in total. The minimum atomic E-state index is -0.669. The first-order valence-corrected chi connectivity index (χ1v) is 9.94. The number of hydrogen-bond donors (Lipinski definition) is 2. The van der Waals surface area contributed by atoms with E-state index in [0.717, 1.165) is 5.75 Å². The zero-order valence-corrected chi connectivity index (χ0v) is 17.0. The van der Waals surface area contributed by atoms with Gasteiger partial charge in [0.2, 0.25) is 0 Å². The summed E-state index contributed by atoms with van der Waals surface area (Å²) in [5.74, 6) is 1.82. The average Bonchev–Trinajstić information content (AvgIpc) is 3.12. The quantitative estimate of drug-likeness (QED) is 0.697. The second kappa shape index (κ2) is 9.16. The van der Waals surface area contributed by atoms with E-state index in [0.29, 0.717) is 34.7 Å². The molecule has 1 aliphatic rings. The molecule has 0 spiro atoms. The third kappa shape index (κ3) is 5.29. The number of aliphatic hydroxyl groups is 1. The molecule has 1 saturated heterocycles. The van der Waals surface area contributed by atoms with E-state index in [-0.39, 0.29) is 18.8 Å². The number of hydrogen-bond acceptors (Lipinski definition) is 4. The number of rotatable bonds is 7. The van der Waals surface area contributed by atoms with Crippen molar-refractivity contribution < 1.29 is 14.6 Å². The molecule has 0 radical (unpaired) electrons. The van der Waals surface area contributed by atoms with E-state index in [4.69, 9.17) is 32.7 Å². The van der Waals surface area contributed by atoms with Gasteiger partial charge in [-0.2, -0.15) is 0 Å². The van der Waals surface area contributed by atoms with Gasteiger partial charge < -0.3 is 19.9 Å². The third-order valence-electron chi connectivity index (χ3n) is 4.76. The van der Waals surface area contributed by atoms with Gasteiger partial charge in [-0.3, -0.25) is 0 Å². The molecule has 27 heavy (non-hydrogen) atoms. The van der Waals surface area contributed by atoms with Crippen molar-refractivity contribution in [2.24, 2.45) is 0 Å². The smallest absolute Gasteiger partial charge is 0.139 e. The van der Waals surface area contributed by atoms with Gasteiger partial charge in [-0.15, -0.1) is 0 Å². The first-order valence-electron chi connectivity index (χ1n) is 9.19. The van der Waals surface area contributed by atoms with Gasteiger partial charge in [0.05, 0.1) is 5.02 Å². The molecule has 6 heteroatoms. The zero-order valence-electron chi connectivity index (χ0n) is 15.5. The minimum absolute atomic E-state index is 0.0179. The van der Waals surface area contributed by atoms with E-state index in [1.165, 1.54) is 5.56 Å². The van der Waals surface area contributed by atoms with Crippen LogP contribution in [0.3, 0.4) is 0 Å². The van der Waals surface area contributed by atoms with Crippen LogP contribution in [0.5, 0.6) is 11.5 Å². The second-order valence-corrected chi connectivity index (χ2v) is 7.93. The van der Waals surface area contributed by atoms with Gasteiger partial charge >= 0.3 is 0 Å². The summed E-state index contributed by atoms with van der Waals surface area (Å²) in [4.78, 5) is 0. The highest BCUT2D eigenvalue weighted by atomic mass is 35.5.